The van der Waals surface area contributed by atoms with Crippen LogP contribution in [0.15, 0.2) is 41.6 Å². The van der Waals surface area contributed by atoms with Crippen molar-refractivity contribution in [1.29, 1.82) is 0 Å². The predicted octanol–water partition coefficient (Wildman–Crippen LogP) is 6.80. The van der Waals surface area contributed by atoms with Crippen molar-refractivity contribution in [2.45, 2.75) is 82.3 Å². The molecule has 2 heterocycles. The summed E-state index contributed by atoms with van der Waals surface area (Å²) in [6.45, 7) is 6.30. The fraction of sp³-hybridized carbons (Fsp3) is 0.611. The van der Waals surface area contributed by atoms with Gasteiger partial charge in [-0.3, -0.25) is 9.52 Å². The normalized spacial score (nSPS) is 31.9. The van der Waals surface area contributed by atoms with E-state index < -0.39 is 11.0 Å². The molecule has 2 bridgehead atoms. The average molecular weight is 669 g/mol. The van der Waals surface area contributed by atoms with Crippen molar-refractivity contribution >= 4 is 40.0 Å². The maximum absolute atomic E-state index is 13.5. The number of benzene rings is 2. The first-order valence-corrected chi connectivity index (χ1v) is 18.6. The van der Waals surface area contributed by atoms with E-state index >= 15 is 0 Å². The van der Waals surface area contributed by atoms with Gasteiger partial charge in [-0.25, -0.2) is 4.21 Å². The Kier molecular flexibility index (Phi) is 9.91. The summed E-state index contributed by atoms with van der Waals surface area (Å²) in [5, 5.41) is 14.1. The number of anilines is 1. The summed E-state index contributed by atoms with van der Waals surface area (Å²) >= 11 is 6.46. The third-order valence-electron chi connectivity index (χ3n) is 11.5. The molecule has 1 spiro atoms. The fourth-order valence-corrected chi connectivity index (χ4v) is 9.63. The molecule has 0 saturated heterocycles. The Morgan fingerprint density at radius 2 is 1.98 bits per heavy atom. The van der Waals surface area contributed by atoms with E-state index in [-0.39, 0.29) is 22.5 Å². The second-order valence-corrected chi connectivity index (χ2v) is 16.5. The summed E-state index contributed by atoms with van der Waals surface area (Å²) in [5.41, 5.74) is 3.84. The summed E-state index contributed by atoms with van der Waals surface area (Å²) in [6.07, 6.45) is 9.08. The third-order valence-corrected chi connectivity index (χ3v) is 13.2. The topological polar surface area (TPSA) is 94.5 Å². The van der Waals surface area contributed by atoms with Gasteiger partial charge in [0.2, 0.25) is 0 Å². The van der Waals surface area contributed by atoms with E-state index in [0.29, 0.717) is 35.8 Å². The van der Waals surface area contributed by atoms with Gasteiger partial charge in [-0.05, 0) is 117 Å². The molecule has 4 aliphatic rings. The number of nitrogens with zero attached hydrogens (tertiary/aromatic N) is 3. The first kappa shape index (κ1) is 33.1. The van der Waals surface area contributed by atoms with Crippen LogP contribution in [-0.2, 0) is 22.8 Å². The lowest BCUT2D eigenvalue weighted by molar-refractivity contribution is 0.0980. The summed E-state index contributed by atoms with van der Waals surface area (Å²) in [7, 11) is 2.37. The van der Waals surface area contributed by atoms with Crippen molar-refractivity contribution in [3.63, 3.8) is 0 Å². The van der Waals surface area contributed by atoms with Gasteiger partial charge >= 0.3 is 0 Å². The van der Waals surface area contributed by atoms with Crippen LogP contribution in [0, 0.1) is 23.7 Å². The molecule has 10 heteroatoms. The van der Waals surface area contributed by atoms with Crippen LogP contribution in [-0.4, -0.2) is 65.1 Å². The van der Waals surface area contributed by atoms with Crippen molar-refractivity contribution in [2.75, 3.05) is 38.7 Å². The van der Waals surface area contributed by atoms with Gasteiger partial charge in [-0.2, -0.15) is 0 Å². The minimum Gasteiger partial charge on any atom is -0.490 e. The Morgan fingerprint density at radius 3 is 2.72 bits per heavy atom. The molecule has 2 aliphatic heterocycles. The van der Waals surface area contributed by atoms with E-state index in [9.17, 15) is 14.2 Å². The summed E-state index contributed by atoms with van der Waals surface area (Å²) in [5.74, 6) is 2.72. The van der Waals surface area contributed by atoms with Crippen molar-refractivity contribution < 1.29 is 18.9 Å². The molecule has 1 saturated carbocycles. The smallest absolute Gasteiger partial charge is 0.263 e. The van der Waals surface area contributed by atoms with E-state index in [1.165, 1.54) is 11.1 Å². The first-order valence-electron chi connectivity index (χ1n) is 17.0. The highest BCUT2D eigenvalue weighted by Crippen LogP contribution is 2.48. The van der Waals surface area contributed by atoms with Gasteiger partial charge in [-0.15, -0.1) is 0 Å². The molecule has 46 heavy (non-hydrogen) atoms. The zero-order valence-corrected chi connectivity index (χ0v) is 29.2. The van der Waals surface area contributed by atoms with Crippen molar-refractivity contribution in [3.05, 3.63) is 58.1 Å². The highest BCUT2D eigenvalue weighted by atomic mass is 35.5. The van der Waals surface area contributed by atoms with Gasteiger partial charge in [0.15, 0.2) is 0 Å². The second-order valence-electron chi connectivity index (χ2n) is 14.5. The van der Waals surface area contributed by atoms with Gasteiger partial charge < -0.3 is 19.7 Å². The lowest BCUT2D eigenvalue weighted by Crippen LogP contribution is -2.49. The SMILES string of the molecule is CC1CCCC(C/C(=N\O)N(C)C)C2CCC2CN2C[C@@]3(CCCc4cc(Cl)ccc43)COc3ccc(cc32)C(=O)NS(=O)C1C. The molecule has 1 amide bonds. The molecule has 8 nitrogen and oxygen atoms in total. The number of aryl methyl sites for hydroxylation is 1. The zero-order valence-electron chi connectivity index (χ0n) is 27.6. The van der Waals surface area contributed by atoms with Gasteiger partial charge in [0.05, 0.1) is 17.5 Å². The van der Waals surface area contributed by atoms with Crippen LogP contribution in [0.1, 0.15) is 86.7 Å². The van der Waals surface area contributed by atoms with Crippen molar-refractivity contribution in [1.82, 2.24) is 9.62 Å². The standard InChI is InChI=1S/C36H49ClN4O4S/c1-23-7-5-8-25(19-34(38-43)40(3)4)30-13-10-28(30)20-41-21-36(16-6-9-26-17-29(37)12-14-31(26)36)22-45-33-15-11-27(18-32(33)41)35(42)39-46(44)24(23)2/h11-12,14-15,17-18,23-25,28,30,43H,5-10,13,16,19-22H2,1-4H3,(H,39,42)/b38-34+/t23?,24?,25?,28?,30?,36-,46?/m0/s1. The van der Waals surface area contributed by atoms with Crippen LogP contribution in [0.3, 0.4) is 0 Å². The molecule has 250 valence electrons. The Morgan fingerprint density at radius 1 is 1.15 bits per heavy atom. The molecule has 7 atom stereocenters. The number of carbonyl (C=O) groups is 1. The highest BCUT2D eigenvalue weighted by molar-refractivity contribution is 7.84. The number of oxime groups is 1. The lowest BCUT2D eigenvalue weighted by atomic mass is 9.64. The zero-order chi connectivity index (χ0) is 32.6. The molecule has 2 aromatic carbocycles. The minimum atomic E-state index is -1.51. The van der Waals surface area contributed by atoms with E-state index in [4.69, 9.17) is 16.3 Å². The Labute approximate surface area is 281 Å². The van der Waals surface area contributed by atoms with Crippen LogP contribution in [0.2, 0.25) is 5.02 Å². The Balaban J connectivity index is 1.40. The molecule has 6 rings (SSSR count). The number of hydrogen-bond donors (Lipinski definition) is 2. The van der Waals surface area contributed by atoms with E-state index in [1.54, 1.807) is 6.07 Å². The Bertz CT molecular complexity index is 1500. The fourth-order valence-electron chi connectivity index (χ4n) is 8.39. The number of rotatable bonds is 2. The molecular formula is C36H49ClN4O4S. The summed E-state index contributed by atoms with van der Waals surface area (Å²) in [4.78, 5) is 17.9. The highest BCUT2D eigenvalue weighted by Gasteiger charge is 2.44. The van der Waals surface area contributed by atoms with E-state index in [2.05, 4.69) is 33.8 Å². The number of ether oxygens (including phenoxy) is 1. The van der Waals surface area contributed by atoms with Crippen LogP contribution in [0.5, 0.6) is 5.75 Å². The molecule has 1 fully saturated rings. The molecule has 2 aliphatic carbocycles. The second kappa shape index (κ2) is 13.8. The van der Waals surface area contributed by atoms with Gasteiger partial charge in [-0.1, -0.05) is 36.2 Å². The van der Waals surface area contributed by atoms with Gasteiger partial charge in [0.25, 0.3) is 5.91 Å². The summed E-state index contributed by atoms with van der Waals surface area (Å²) < 4.78 is 22.8. The number of fused-ring (bicyclic) bond motifs is 4. The van der Waals surface area contributed by atoms with Crippen molar-refractivity contribution in [2.24, 2.45) is 28.8 Å². The molecular weight excluding hydrogens is 620 g/mol. The number of amidine groups is 1. The molecule has 2 aromatic rings. The number of carbonyl (C=O) groups excluding carboxylic acids is 1. The lowest BCUT2D eigenvalue weighted by Gasteiger charge is -2.47. The van der Waals surface area contributed by atoms with Crippen LogP contribution in [0.4, 0.5) is 5.69 Å². The minimum absolute atomic E-state index is 0.177. The van der Waals surface area contributed by atoms with Gasteiger partial charge in [0.1, 0.15) is 22.6 Å². The molecule has 0 radical (unpaired) electrons. The molecule has 2 N–H and O–H groups in total. The third kappa shape index (κ3) is 6.64. The van der Waals surface area contributed by atoms with Crippen LogP contribution in [0.25, 0.3) is 0 Å². The summed E-state index contributed by atoms with van der Waals surface area (Å²) in [6, 6.07) is 12.0. The number of halogens is 1. The van der Waals surface area contributed by atoms with E-state index in [1.807, 2.05) is 44.1 Å². The maximum atomic E-state index is 13.5. The number of hydrogen-bond acceptors (Lipinski definition) is 6. The Hall–Kier alpha value is -2.78. The first-order chi connectivity index (χ1) is 22.1. The van der Waals surface area contributed by atoms with Crippen LogP contribution < -0.4 is 14.4 Å². The predicted molar refractivity (Wildman–Crippen MR) is 186 cm³/mol. The largest absolute Gasteiger partial charge is 0.490 e. The maximum Gasteiger partial charge on any atom is 0.263 e. The number of amides is 1. The quantitative estimate of drug-likeness (QED) is 0.158. The van der Waals surface area contributed by atoms with E-state index in [0.717, 1.165) is 87.3 Å². The average Bonchev–Trinajstić information content (AvgIpc) is 3.17. The van der Waals surface area contributed by atoms with Crippen molar-refractivity contribution in [3.8, 4) is 5.75 Å². The van der Waals surface area contributed by atoms with Crippen LogP contribution >= 0.6 is 11.6 Å². The number of nitrogens with one attached hydrogen (secondary N) is 1. The van der Waals surface area contributed by atoms with Gasteiger partial charge in [0, 0.05) is 49.6 Å². The molecule has 0 aromatic heterocycles. The molecule has 6 unspecified atom stereocenters. The monoisotopic (exact) mass is 668 g/mol.